The Labute approximate surface area is 115 Å². The van der Waals surface area contributed by atoms with Gasteiger partial charge in [-0.15, -0.1) is 0 Å². The van der Waals surface area contributed by atoms with Crippen molar-refractivity contribution in [1.82, 2.24) is 0 Å². The fourth-order valence-corrected chi connectivity index (χ4v) is 2.10. The number of aromatic carboxylic acids is 1. The molecule has 2 nitrogen and oxygen atoms in total. The first-order chi connectivity index (χ1) is 9.52. The van der Waals surface area contributed by atoms with Crippen LogP contribution in [0.5, 0.6) is 0 Å². The Hall–Kier alpha value is -2.23. The van der Waals surface area contributed by atoms with E-state index in [-0.39, 0.29) is 0 Å². The van der Waals surface area contributed by atoms with Crippen LogP contribution >= 0.6 is 0 Å². The fourth-order valence-electron chi connectivity index (χ4n) is 2.10. The Kier molecular flexibility index (Phi) is 4.13. The third kappa shape index (κ3) is 2.85. The minimum Gasteiger partial charge on any atom is -0.477 e. The summed E-state index contributed by atoms with van der Waals surface area (Å²) in [6.07, 6.45) is 1.97. The summed E-state index contributed by atoms with van der Waals surface area (Å²) in [7, 11) is 0. The van der Waals surface area contributed by atoms with Gasteiger partial charge in [-0.3, -0.25) is 0 Å². The Morgan fingerprint density at radius 1 is 1.05 bits per heavy atom. The van der Waals surface area contributed by atoms with E-state index in [1.165, 1.54) is 0 Å². The van der Waals surface area contributed by atoms with Crippen LogP contribution in [0.25, 0.3) is 11.1 Å². The predicted molar refractivity (Wildman–Crippen MR) is 72.7 cm³/mol. The summed E-state index contributed by atoms with van der Waals surface area (Å²) in [6.45, 7) is 2.07. The van der Waals surface area contributed by atoms with E-state index in [1.54, 1.807) is 12.1 Å². The molecule has 0 unspecified atom stereocenters. The van der Waals surface area contributed by atoms with E-state index in [4.69, 9.17) is 5.11 Å². The van der Waals surface area contributed by atoms with Crippen molar-refractivity contribution in [1.29, 1.82) is 0 Å². The molecule has 0 aromatic heterocycles. The molecular formula is C16H14F2O2. The number of rotatable bonds is 4. The zero-order valence-electron chi connectivity index (χ0n) is 11.0. The van der Waals surface area contributed by atoms with Crippen molar-refractivity contribution in [2.45, 2.75) is 19.8 Å². The third-order valence-electron chi connectivity index (χ3n) is 3.08. The van der Waals surface area contributed by atoms with E-state index >= 15 is 0 Å². The van der Waals surface area contributed by atoms with E-state index in [0.29, 0.717) is 11.1 Å². The first-order valence-corrected chi connectivity index (χ1v) is 6.34. The number of carboxylic acid groups (broad SMARTS) is 1. The average Bonchev–Trinajstić information content (AvgIpc) is 2.38. The van der Waals surface area contributed by atoms with Crippen molar-refractivity contribution in [2.75, 3.05) is 0 Å². The van der Waals surface area contributed by atoms with E-state index < -0.39 is 23.2 Å². The SMILES string of the molecule is CCCc1ccc(-c2cc(F)c(C(=O)O)c(F)c2)cc1. The second kappa shape index (κ2) is 5.82. The maximum absolute atomic E-state index is 13.6. The van der Waals surface area contributed by atoms with Gasteiger partial charge in [0.05, 0.1) is 0 Å². The highest BCUT2D eigenvalue weighted by atomic mass is 19.1. The number of hydrogen-bond donors (Lipinski definition) is 1. The monoisotopic (exact) mass is 276 g/mol. The predicted octanol–water partition coefficient (Wildman–Crippen LogP) is 4.28. The fraction of sp³-hybridized carbons (Fsp3) is 0.188. The standard InChI is InChI=1S/C16H14F2O2/c1-2-3-10-4-6-11(7-5-10)12-8-13(17)15(16(19)20)14(18)9-12/h4-9H,2-3H2,1H3,(H,19,20). The third-order valence-corrected chi connectivity index (χ3v) is 3.08. The summed E-state index contributed by atoms with van der Waals surface area (Å²) in [5.74, 6) is -3.74. The smallest absolute Gasteiger partial charge is 0.341 e. The summed E-state index contributed by atoms with van der Waals surface area (Å²) in [5, 5.41) is 8.72. The van der Waals surface area contributed by atoms with Gasteiger partial charge in [-0.2, -0.15) is 0 Å². The van der Waals surface area contributed by atoms with Gasteiger partial charge >= 0.3 is 5.97 Å². The second-order valence-electron chi connectivity index (χ2n) is 4.57. The molecule has 0 aliphatic carbocycles. The van der Waals surface area contributed by atoms with Crippen LogP contribution in [-0.4, -0.2) is 11.1 Å². The minimum atomic E-state index is -1.61. The molecule has 0 atom stereocenters. The molecule has 0 heterocycles. The van der Waals surface area contributed by atoms with Gasteiger partial charge in [0.25, 0.3) is 0 Å². The molecule has 0 fully saturated rings. The van der Waals surface area contributed by atoms with Gasteiger partial charge in [-0.1, -0.05) is 37.6 Å². The zero-order chi connectivity index (χ0) is 14.7. The van der Waals surface area contributed by atoms with E-state index in [2.05, 4.69) is 6.92 Å². The van der Waals surface area contributed by atoms with Crippen LogP contribution in [0.15, 0.2) is 36.4 Å². The molecule has 0 aliphatic heterocycles. The van der Waals surface area contributed by atoms with Crippen LogP contribution in [0, 0.1) is 11.6 Å². The summed E-state index contributed by atoms with van der Waals surface area (Å²) >= 11 is 0. The molecule has 0 aliphatic rings. The van der Waals surface area contributed by atoms with Crippen molar-refractivity contribution in [3.8, 4) is 11.1 Å². The van der Waals surface area contributed by atoms with E-state index in [1.807, 2.05) is 12.1 Å². The lowest BCUT2D eigenvalue weighted by molar-refractivity contribution is 0.0686. The van der Waals surface area contributed by atoms with Crippen LogP contribution in [0.4, 0.5) is 8.78 Å². The van der Waals surface area contributed by atoms with Crippen LogP contribution in [0.1, 0.15) is 29.3 Å². The number of carboxylic acids is 1. The lowest BCUT2D eigenvalue weighted by Gasteiger charge is -2.06. The summed E-state index contributed by atoms with van der Waals surface area (Å²) < 4.78 is 27.3. The molecule has 0 radical (unpaired) electrons. The summed E-state index contributed by atoms with van der Waals surface area (Å²) in [4.78, 5) is 10.7. The lowest BCUT2D eigenvalue weighted by atomic mass is 10.0. The molecular weight excluding hydrogens is 262 g/mol. The quantitative estimate of drug-likeness (QED) is 0.904. The number of halogens is 2. The van der Waals surface area contributed by atoms with Crippen LogP contribution in [0.3, 0.4) is 0 Å². The average molecular weight is 276 g/mol. The first-order valence-electron chi connectivity index (χ1n) is 6.34. The minimum absolute atomic E-state index is 0.327. The van der Waals surface area contributed by atoms with Crippen LogP contribution in [-0.2, 0) is 6.42 Å². The van der Waals surface area contributed by atoms with Gasteiger partial charge in [0.15, 0.2) is 0 Å². The molecule has 2 aromatic carbocycles. The van der Waals surface area contributed by atoms with E-state index in [9.17, 15) is 13.6 Å². The molecule has 2 rings (SSSR count). The number of aryl methyl sites for hydroxylation is 1. The Morgan fingerprint density at radius 2 is 1.60 bits per heavy atom. The first kappa shape index (κ1) is 14.2. The maximum Gasteiger partial charge on any atom is 0.341 e. The highest BCUT2D eigenvalue weighted by Crippen LogP contribution is 2.25. The van der Waals surface area contributed by atoms with Gasteiger partial charge < -0.3 is 5.11 Å². The molecule has 20 heavy (non-hydrogen) atoms. The van der Waals surface area contributed by atoms with Crippen molar-refractivity contribution in [3.63, 3.8) is 0 Å². The number of carbonyl (C=O) groups is 1. The van der Waals surface area contributed by atoms with Crippen molar-refractivity contribution in [3.05, 3.63) is 59.2 Å². The topological polar surface area (TPSA) is 37.3 Å². The Bertz CT molecular complexity index is 610. The molecule has 0 saturated carbocycles. The molecule has 0 saturated heterocycles. The summed E-state index contributed by atoms with van der Waals surface area (Å²) in [5.41, 5.74) is 1.21. The van der Waals surface area contributed by atoms with Gasteiger partial charge in [0.1, 0.15) is 17.2 Å². The normalized spacial score (nSPS) is 10.6. The molecule has 2 aromatic rings. The van der Waals surface area contributed by atoms with Crippen molar-refractivity contribution in [2.24, 2.45) is 0 Å². The zero-order valence-corrected chi connectivity index (χ0v) is 11.0. The highest BCUT2D eigenvalue weighted by Gasteiger charge is 2.18. The maximum atomic E-state index is 13.6. The molecule has 0 bridgehead atoms. The molecule has 1 N–H and O–H groups in total. The largest absolute Gasteiger partial charge is 0.477 e. The second-order valence-corrected chi connectivity index (χ2v) is 4.57. The van der Waals surface area contributed by atoms with Gasteiger partial charge in [0, 0.05) is 0 Å². The van der Waals surface area contributed by atoms with Crippen LogP contribution in [0.2, 0.25) is 0 Å². The van der Waals surface area contributed by atoms with E-state index in [0.717, 1.165) is 30.5 Å². The number of benzene rings is 2. The molecule has 0 spiro atoms. The van der Waals surface area contributed by atoms with Gasteiger partial charge in [0.2, 0.25) is 0 Å². The molecule has 104 valence electrons. The van der Waals surface area contributed by atoms with Crippen molar-refractivity contribution >= 4 is 5.97 Å². The Morgan fingerprint density at radius 3 is 2.05 bits per heavy atom. The van der Waals surface area contributed by atoms with Crippen molar-refractivity contribution < 1.29 is 18.7 Å². The van der Waals surface area contributed by atoms with Crippen LogP contribution < -0.4 is 0 Å². The number of hydrogen-bond acceptors (Lipinski definition) is 1. The molecule has 4 heteroatoms. The molecule has 0 amide bonds. The van der Waals surface area contributed by atoms with Gasteiger partial charge in [-0.25, -0.2) is 13.6 Å². The Balaban J connectivity index is 2.40. The van der Waals surface area contributed by atoms with Gasteiger partial charge in [-0.05, 0) is 35.2 Å². The lowest BCUT2D eigenvalue weighted by Crippen LogP contribution is -2.04. The summed E-state index contributed by atoms with van der Waals surface area (Å²) in [6, 6.07) is 9.45. The highest BCUT2D eigenvalue weighted by molar-refractivity contribution is 5.89.